The Kier molecular flexibility index (Phi) is 7.96. The number of halogens is 1. The Morgan fingerprint density at radius 3 is 2.50 bits per heavy atom. The van der Waals surface area contributed by atoms with Gasteiger partial charge in [0, 0.05) is 25.2 Å². The summed E-state index contributed by atoms with van der Waals surface area (Å²) in [5.74, 6) is -1.37. The van der Waals surface area contributed by atoms with Crippen LogP contribution in [0.5, 0.6) is 0 Å². The van der Waals surface area contributed by atoms with E-state index in [4.69, 9.17) is 0 Å². The van der Waals surface area contributed by atoms with Crippen LogP contribution in [0, 0.1) is 17.7 Å². The first-order valence-corrected chi connectivity index (χ1v) is 9.96. The largest absolute Gasteiger partial charge is 0.356 e. The van der Waals surface area contributed by atoms with Gasteiger partial charge in [0.1, 0.15) is 11.9 Å². The molecule has 0 bridgehead atoms. The van der Waals surface area contributed by atoms with Crippen molar-refractivity contribution in [3.8, 4) is 0 Å². The Morgan fingerprint density at radius 2 is 1.89 bits per heavy atom. The first-order chi connectivity index (χ1) is 13.3. The number of amides is 3. The van der Waals surface area contributed by atoms with E-state index in [-0.39, 0.29) is 23.7 Å². The van der Waals surface area contributed by atoms with E-state index < -0.39 is 17.8 Å². The zero-order valence-electron chi connectivity index (χ0n) is 16.8. The van der Waals surface area contributed by atoms with Gasteiger partial charge in [-0.15, -0.1) is 0 Å². The van der Waals surface area contributed by atoms with Crippen LogP contribution in [0.2, 0.25) is 0 Å². The van der Waals surface area contributed by atoms with Crippen molar-refractivity contribution >= 4 is 17.7 Å². The molecule has 2 rings (SSSR count). The first kappa shape index (κ1) is 21.9. The zero-order valence-corrected chi connectivity index (χ0v) is 16.8. The lowest BCUT2D eigenvalue weighted by Gasteiger charge is -2.35. The van der Waals surface area contributed by atoms with E-state index in [9.17, 15) is 18.8 Å². The van der Waals surface area contributed by atoms with Gasteiger partial charge >= 0.3 is 0 Å². The molecule has 1 fully saturated rings. The fourth-order valence-corrected chi connectivity index (χ4v) is 3.32. The lowest BCUT2D eigenvalue weighted by atomic mass is 9.94. The summed E-state index contributed by atoms with van der Waals surface area (Å²) in [4.78, 5) is 39.5. The number of hydrogen-bond donors (Lipinski definition) is 2. The van der Waals surface area contributed by atoms with Crippen LogP contribution in [-0.4, -0.2) is 48.3 Å². The van der Waals surface area contributed by atoms with Crippen LogP contribution in [0.3, 0.4) is 0 Å². The second kappa shape index (κ2) is 10.2. The van der Waals surface area contributed by atoms with Gasteiger partial charge < -0.3 is 15.5 Å². The van der Waals surface area contributed by atoms with Crippen molar-refractivity contribution in [2.75, 3.05) is 19.6 Å². The molecule has 0 spiro atoms. The molecule has 1 saturated heterocycles. The number of hydrogen-bond acceptors (Lipinski definition) is 3. The Labute approximate surface area is 165 Å². The first-order valence-electron chi connectivity index (χ1n) is 9.96. The molecule has 1 heterocycles. The van der Waals surface area contributed by atoms with Crippen molar-refractivity contribution in [2.45, 2.75) is 46.1 Å². The van der Waals surface area contributed by atoms with Gasteiger partial charge in [0.25, 0.3) is 5.91 Å². The molecule has 0 saturated carbocycles. The van der Waals surface area contributed by atoms with Crippen molar-refractivity contribution < 1.29 is 18.8 Å². The second-order valence-corrected chi connectivity index (χ2v) is 7.62. The molecule has 2 N–H and O–H groups in total. The number of piperidine rings is 1. The summed E-state index contributed by atoms with van der Waals surface area (Å²) in [5, 5.41) is 5.67. The number of nitrogens with one attached hydrogen (secondary N) is 2. The number of nitrogens with zero attached hydrogens (tertiary/aromatic N) is 1. The third kappa shape index (κ3) is 5.78. The predicted molar refractivity (Wildman–Crippen MR) is 105 cm³/mol. The maximum absolute atomic E-state index is 13.1. The third-order valence-electron chi connectivity index (χ3n) is 4.98. The number of carbonyl (C=O) groups excluding carboxylic acids is 3. The van der Waals surface area contributed by atoms with E-state index >= 15 is 0 Å². The highest BCUT2D eigenvalue weighted by molar-refractivity contribution is 5.97. The molecule has 1 aliphatic heterocycles. The van der Waals surface area contributed by atoms with Gasteiger partial charge in [-0.1, -0.05) is 20.8 Å². The smallest absolute Gasteiger partial charge is 0.251 e. The van der Waals surface area contributed by atoms with E-state index in [1.54, 1.807) is 4.90 Å². The molecule has 0 radical (unpaired) electrons. The summed E-state index contributed by atoms with van der Waals surface area (Å²) in [6.45, 7) is 7.29. The fourth-order valence-electron chi connectivity index (χ4n) is 3.32. The van der Waals surface area contributed by atoms with Gasteiger partial charge in [-0.05, 0) is 49.4 Å². The van der Waals surface area contributed by atoms with Gasteiger partial charge in [-0.3, -0.25) is 14.4 Å². The minimum absolute atomic E-state index is 0.0178. The van der Waals surface area contributed by atoms with Crippen molar-refractivity contribution in [3.63, 3.8) is 0 Å². The Bertz CT molecular complexity index is 691. The van der Waals surface area contributed by atoms with Crippen LogP contribution >= 0.6 is 0 Å². The second-order valence-electron chi connectivity index (χ2n) is 7.62. The lowest BCUT2D eigenvalue weighted by Crippen LogP contribution is -2.54. The van der Waals surface area contributed by atoms with Crippen molar-refractivity contribution in [1.82, 2.24) is 15.5 Å². The van der Waals surface area contributed by atoms with E-state index in [0.717, 1.165) is 19.3 Å². The summed E-state index contributed by atoms with van der Waals surface area (Å²) in [6, 6.07) is 4.51. The highest BCUT2D eigenvalue weighted by Gasteiger charge is 2.33. The molecule has 2 atom stereocenters. The molecule has 0 aliphatic carbocycles. The Balaban J connectivity index is 2.04. The molecule has 154 valence electrons. The summed E-state index contributed by atoms with van der Waals surface area (Å²) in [5.41, 5.74) is 0.301. The Hall–Kier alpha value is -2.44. The lowest BCUT2D eigenvalue weighted by molar-refractivity contribution is -0.138. The van der Waals surface area contributed by atoms with Gasteiger partial charge in [-0.2, -0.15) is 0 Å². The molecule has 28 heavy (non-hydrogen) atoms. The molecule has 3 amide bonds. The summed E-state index contributed by atoms with van der Waals surface area (Å²) in [7, 11) is 0. The van der Waals surface area contributed by atoms with E-state index in [1.165, 1.54) is 24.3 Å². The van der Waals surface area contributed by atoms with Crippen LogP contribution in [0.15, 0.2) is 24.3 Å². The van der Waals surface area contributed by atoms with Crippen LogP contribution < -0.4 is 10.6 Å². The van der Waals surface area contributed by atoms with Gasteiger partial charge in [0.2, 0.25) is 11.8 Å². The number of carbonyl (C=O) groups is 3. The highest BCUT2D eigenvalue weighted by atomic mass is 19.1. The normalized spacial score (nSPS) is 17.9. The average molecular weight is 391 g/mol. The standard InChI is InChI=1S/C21H30FN3O3/c1-4-11-23-19(26)16-6-5-12-25(13-16)21(28)18(14(2)3)24-20(27)15-7-9-17(22)10-8-15/h7-10,14,16,18H,4-6,11-13H2,1-3H3,(H,23,26)(H,24,27). The SMILES string of the molecule is CCCNC(=O)C1CCCN(C(=O)C(NC(=O)c2ccc(F)cc2)C(C)C)C1. The maximum Gasteiger partial charge on any atom is 0.251 e. The minimum Gasteiger partial charge on any atom is -0.356 e. The van der Waals surface area contributed by atoms with E-state index in [1.807, 2.05) is 20.8 Å². The molecule has 1 aliphatic rings. The predicted octanol–water partition coefficient (Wildman–Crippen LogP) is 2.34. The highest BCUT2D eigenvalue weighted by Crippen LogP contribution is 2.19. The molecular weight excluding hydrogens is 361 g/mol. The minimum atomic E-state index is -0.699. The third-order valence-corrected chi connectivity index (χ3v) is 4.98. The number of likely N-dealkylation sites (tertiary alicyclic amines) is 1. The topological polar surface area (TPSA) is 78.5 Å². The van der Waals surface area contributed by atoms with Crippen LogP contribution in [-0.2, 0) is 9.59 Å². The average Bonchev–Trinajstić information content (AvgIpc) is 2.69. The summed E-state index contributed by atoms with van der Waals surface area (Å²) < 4.78 is 13.1. The fraction of sp³-hybridized carbons (Fsp3) is 0.571. The van der Waals surface area contributed by atoms with Crippen LogP contribution in [0.4, 0.5) is 4.39 Å². The van der Waals surface area contributed by atoms with Crippen LogP contribution in [0.1, 0.15) is 50.4 Å². The van der Waals surface area contributed by atoms with Crippen molar-refractivity contribution in [2.24, 2.45) is 11.8 Å². The van der Waals surface area contributed by atoms with Gasteiger partial charge in [0.15, 0.2) is 0 Å². The molecule has 2 unspecified atom stereocenters. The monoisotopic (exact) mass is 391 g/mol. The van der Waals surface area contributed by atoms with E-state index in [0.29, 0.717) is 25.2 Å². The molecule has 0 aromatic heterocycles. The van der Waals surface area contributed by atoms with E-state index in [2.05, 4.69) is 10.6 Å². The van der Waals surface area contributed by atoms with Crippen LogP contribution in [0.25, 0.3) is 0 Å². The molecule has 1 aromatic rings. The van der Waals surface area contributed by atoms with Crippen molar-refractivity contribution in [1.29, 1.82) is 0 Å². The summed E-state index contributed by atoms with van der Waals surface area (Å²) >= 11 is 0. The van der Waals surface area contributed by atoms with Gasteiger partial charge in [-0.25, -0.2) is 4.39 Å². The molecule has 7 heteroatoms. The number of rotatable bonds is 7. The summed E-state index contributed by atoms with van der Waals surface area (Å²) in [6.07, 6.45) is 2.38. The molecule has 1 aromatic carbocycles. The quantitative estimate of drug-likeness (QED) is 0.749. The Morgan fingerprint density at radius 1 is 1.21 bits per heavy atom. The molecular formula is C21H30FN3O3. The molecule has 6 nitrogen and oxygen atoms in total. The zero-order chi connectivity index (χ0) is 20.7. The number of benzene rings is 1. The van der Waals surface area contributed by atoms with Crippen molar-refractivity contribution in [3.05, 3.63) is 35.6 Å². The van der Waals surface area contributed by atoms with Gasteiger partial charge in [0.05, 0.1) is 5.92 Å². The maximum atomic E-state index is 13.1.